The zero-order valence-electron chi connectivity index (χ0n) is 17.2. The Balaban J connectivity index is 2.05. The van der Waals surface area contributed by atoms with Crippen LogP contribution in [0.1, 0.15) is 38.3 Å². The van der Waals surface area contributed by atoms with E-state index >= 15 is 0 Å². The molecule has 2 amide bonds. The molecule has 1 N–H and O–H groups in total. The van der Waals surface area contributed by atoms with Crippen molar-refractivity contribution in [1.82, 2.24) is 10.2 Å². The largest absolute Gasteiger partial charge is 0.352 e. The van der Waals surface area contributed by atoms with E-state index in [1.54, 1.807) is 11.8 Å². The second kappa shape index (κ2) is 11.9. The summed E-state index contributed by atoms with van der Waals surface area (Å²) in [5.41, 5.74) is 2.00. The minimum absolute atomic E-state index is 0.0577. The maximum absolute atomic E-state index is 13.0. The fourth-order valence-electron chi connectivity index (χ4n) is 2.77. The third-order valence-corrected chi connectivity index (χ3v) is 6.14. The first-order valence-corrected chi connectivity index (χ1v) is 11.4. The summed E-state index contributed by atoms with van der Waals surface area (Å²) < 4.78 is 0. The second-order valence-corrected chi connectivity index (χ2v) is 8.48. The number of carbonyl (C=O) groups is 2. The van der Waals surface area contributed by atoms with Gasteiger partial charge in [0.05, 0.1) is 5.75 Å². The lowest BCUT2D eigenvalue weighted by atomic mass is 10.1. The van der Waals surface area contributed by atoms with Gasteiger partial charge in [-0.25, -0.2) is 0 Å². The molecule has 0 unspecified atom stereocenters. The molecule has 0 radical (unpaired) electrons. The lowest BCUT2D eigenvalue weighted by Crippen LogP contribution is -2.50. The number of nitrogens with one attached hydrogen (secondary N) is 1. The highest BCUT2D eigenvalue weighted by molar-refractivity contribution is 7.99. The summed E-state index contributed by atoms with van der Waals surface area (Å²) in [5, 5.41) is 3.69. The van der Waals surface area contributed by atoms with Gasteiger partial charge in [-0.15, -0.1) is 11.8 Å². The maximum atomic E-state index is 13.0. The van der Waals surface area contributed by atoms with Crippen molar-refractivity contribution in [2.24, 2.45) is 0 Å². The molecule has 29 heavy (non-hydrogen) atoms. The first-order chi connectivity index (χ1) is 13.9. The van der Waals surface area contributed by atoms with E-state index in [-0.39, 0.29) is 17.9 Å². The molecular formula is C23H29ClN2O2S. The quantitative estimate of drug-likeness (QED) is 0.580. The molecule has 0 saturated carbocycles. The Morgan fingerprint density at radius 2 is 1.72 bits per heavy atom. The number of halogens is 1. The van der Waals surface area contributed by atoms with Crippen LogP contribution in [0.2, 0.25) is 5.02 Å². The summed E-state index contributed by atoms with van der Waals surface area (Å²) in [6.45, 7) is 6.18. The Bertz CT molecular complexity index is 800. The van der Waals surface area contributed by atoms with Crippen molar-refractivity contribution >= 4 is 35.2 Å². The van der Waals surface area contributed by atoms with E-state index in [0.717, 1.165) is 17.5 Å². The van der Waals surface area contributed by atoms with Gasteiger partial charge in [0.2, 0.25) is 11.8 Å². The predicted molar refractivity (Wildman–Crippen MR) is 122 cm³/mol. The fourth-order valence-corrected chi connectivity index (χ4v) is 3.97. The minimum atomic E-state index is -0.544. The van der Waals surface area contributed by atoms with Crippen LogP contribution >= 0.6 is 23.4 Å². The second-order valence-electron chi connectivity index (χ2n) is 7.09. The molecule has 0 aliphatic carbocycles. The van der Waals surface area contributed by atoms with Gasteiger partial charge < -0.3 is 10.2 Å². The Labute approximate surface area is 183 Å². The molecule has 0 heterocycles. The highest BCUT2D eigenvalue weighted by Gasteiger charge is 2.26. The Hall–Kier alpha value is -1.98. The van der Waals surface area contributed by atoms with E-state index in [1.165, 1.54) is 11.8 Å². The van der Waals surface area contributed by atoms with Crippen molar-refractivity contribution in [3.63, 3.8) is 0 Å². The first-order valence-electron chi connectivity index (χ1n) is 9.87. The van der Waals surface area contributed by atoms with Crippen LogP contribution in [0.5, 0.6) is 0 Å². The molecule has 0 bridgehead atoms. The van der Waals surface area contributed by atoms with Crippen LogP contribution in [0.3, 0.4) is 0 Å². The van der Waals surface area contributed by atoms with E-state index in [0.29, 0.717) is 23.1 Å². The number of carbonyl (C=O) groups excluding carboxylic acids is 2. The van der Waals surface area contributed by atoms with Crippen molar-refractivity contribution < 1.29 is 9.59 Å². The van der Waals surface area contributed by atoms with E-state index in [9.17, 15) is 9.59 Å². The number of rotatable bonds is 10. The lowest BCUT2D eigenvalue weighted by molar-refractivity contribution is -0.138. The predicted octanol–water partition coefficient (Wildman–Crippen LogP) is 4.91. The molecule has 0 aromatic heterocycles. The molecule has 4 nitrogen and oxygen atoms in total. The number of thioether (sulfide) groups is 1. The summed E-state index contributed by atoms with van der Waals surface area (Å²) in [5.74, 6) is 0.759. The molecule has 6 heteroatoms. The monoisotopic (exact) mass is 432 g/mol. The molecule has 156 valence electrons. The molecule has 0 aliphatic heterocycles. The van der Waals surface area contributed by atoms with Crippen molar-refractivity contribution in [1.29, 1.82) is 0 Å². The van der Waals surface area contributed by atoms with Crippen LogP contribution in [0.25, 0.3) is 0 Å². The highest BCUT2D eigenvalue weighted by atomic mass is 35.5. The number of nitrogens with zero attached hydrogens (tertiary/aromatic N) is 1. The molecule has 0 saturated heterocycles. The van der Waals surface area contributed by atoms with Gasteiger partial charge in [0.1, 0.15) is 6.04 Å². The molecule has 0 spiro atoms. The average molecular weight is 433 g/mol. The van der Waals surface area contributed by atoms with Crippen LogP contribution < -0.4 is 5.32 Å². The van der Waals surface area contributed by atoms with Gasteiger partial charge in [0, 0.05) is 23.4 Å². The Morgan fingerprint density at radius 3 is 2.38 bits per heavy atom. The highest BCUT2D eigenvalue weighted by Crippen LogP contribution is 2.21. The van der Waals surface area contributed by atoms with Crippen molar-refractivity contribution in [2.45, 2.75) is 51.6 Å². The van der Waals surface area contributed by atoms with Gasteiger partial charge in [0.25, 0.3) is 0 Å². The van der Waals surface area contributed by atoms with Crippen LogP contribution in [-0.4, -0.2) is 34.6 Å². The number of hydrogen-bond acceptors (Lipinski definition) is 3. The summed E-state index contributed by atoms with van der Waals surface area (Å²) in [6, 6.07) is 16.9. The Kier molecular flexibility index (Phi) is 9.55. The maximum Gasteiger partial charge on any atom is 0.242 e. The van der Waals surface area contributed by atoms with Gasteiger partial charge in [-0.1, -0.05) is 67.1 Å². The molecular weight excluding hydrogens is 404 g/mol. The van der Waals surface area contributed by atoms with Gasteiger partial charge in [-0.2, -0.15) is 0 Å². The van der Waals surface area contributed by atoms with E-state index in [4.69, 9.17) is 11.6 Å². The lowest BCUT2D eigenvalue weighted by Gasteiger charge is -2.29. The normalized spacial score (nSPS) is 12.8. The average Bonchev–Trinajstić information content (AvgIpc) is 2.73. The van der Waals surface area contributed by atoms with Gasteiger partial charge in [0.15, 0.2) is 0 Å². The standard InChI is InChI=1S/C23H29ClN2O2S/c1-4-17(2)25-23(28)18(3)26(14-19-10-6-5-7-11-19)22(27)16-29-15-20-12-8-9-13-21(20)24/h5-13,17-18H,4,14-16H2,1-3H3,(H,25,28)/t17-,18-/m1/s1. The summed E-state index contributed by atoms with van der Waals surface area (Å²) >= 11 is 7.71. The van der Waals surface area contributed by atoms with Crippen LogP contribution in [0.4, 0.5) is 0 Å². The summed E-state index contributed by atoms with van der Waals surface area (Å²) in [6.07, 6.45) is 0.846. The van der Waals surface area contributed by atoms with Crippen LogP contribution in [0.15, 0.2) is 54.6 Å². The summed E-state index contributed by atoms with van der Waals surface area (Å²) in [4.78, 5) is 27.3. The topological polar surface area (TPSA) is 49.4 Å². The molecule has 2 atom stereocenters. The minimum Gasteiger partial charge on any atom is -0.352 e. The summed E-state index contributed by atoms with van der Waals surface area (Å²) in [7, 11) is 0. The first kappa shape index (κ1) is 23.3. The zero-order chi connectivity index (χ0) is 21.2. The molecule has 0 aliphatic rings. The van der Waals surface area contributed by atoms with Crippen LogP contribution in [-0.2, 0) is 21.9 Å². The smallest absolute Gasteiger partial charge is 0.242 e. The van der Waals surface area contributed by atoms with E-state index in [1.807, 2.05) is 68.4 Å². The van der Waals surface area contributed by atoms with Crippen molar-refractivity contribution in [3.8, 4) is 0 Å². The molecule has 2 aromatic rings. The van der Waals surface area contributed by atoms with Gasteiger partial charge in [-0.3, -0.25) is 9.59 Å². The fraction of sp³-hybridized carbons (Fsp3) is 0.391. The van der Waals surface area contributed by atoms with Gasteiger partial charge >= 0.3 is 0 Å². The number of benzene rings is 2. The molecule has 2 aromatic carbocycles. The Morgan fingerprint density at radius 1 is 1.07 bits per heavy atom. The zero-order valence-corrected chi connectivity index (χ0v) is 18.8. The van der Waals surface area contributed by atoms with E-state index < -0.39 is 6.04 Å². The molecule has 0 fully saturated rings. The molecule has 2 rings (SSSR count). The number of hydrogen-bond donors (Lipinski definition) is 1. The van der Waals surface area contributed by atoms with Crippen LogP contribution in [0, 0.1) is 0 Å². The third kappa shape index (κ3) is 7.41. The third-order valence-electron chi connectivity index (χ3n) is 4.81. The van der Waals surface area contributed by atoms with Gasteiger partial charge in [-0.05, 0) is 37.5 Å². The SMILES string of the molecule is CC[C@@H](C)NC(=O)[C@@H](C)N(Cc1ccccc1)C(=O)CSCc1ccccc1Cl. The van der Waals surface area contributed by atoms with Crippen molar-refractivity contribution in [2.75, 3.05) is 5.75 Å². The number of amides is 2. The van der Waals surface area contributed by atoms with E-state index in [2.05, 4.69) is 5.32 Å². The van der Waals surface area contributed by atoms with Crippen molar-refractivity contribution in [3.05, 3.63) is 70.7 Å².